The predicted octanol–water partition coefficient (Wildman–Crippen LogP) is 5.05. The van der Waals surface area contributed by atoms with E-state index < -0.39 is 17.8 Å². The SMILES string of the molecule is CN(Cc1ccccc1)C(=O)[C@@H]1CC[C@H](c2cccc(C(F)(F)F)c2)N(C(=O)C2CC2)C1. The molecule has 0 N–H and O–H groups in total. The molecule has 0 spiro atoms. The monoisotopic (exact) mass is 444 g/mol. The van der Waals surface area contributed by atoms with E-state index >= 15 is 0 Å². The Morgan fingerprint density at radius 1 is 0.969 bits per heavy atom. The number of benzene rings is 2. The predicted molar refractivity (Wildman–Crippen MR) is 114 cm³/mol. The topological polar surface area (TPSA) is 40.6 Å². The summed E-state index contributed by atoms with van der Waals surface area (Å²) >= 11 is 0. The van der Waals surface area contributed by atoms with Gasteiger partial charge >= 0.3 is 6.18 Å². The van der Waals surface area contributed by atoms with E-state index in [2.05, 4.69) is 0 Å². The van der Waals surface area contributed by atoms with E-state index in [1.54, 1.807) is 22.9 Å². The number of nitrogens with zero attached hydrogens (tertiary/aromatic N) is 2. The minimum absolute atomic E-state index is 0.0371. The van der Waals surface area contributed by atoms with Crippen LogP contribution in [0.4, 0.5) is 13.2 Å². The van der Waals surface area contributed by atoms with E-state index in [9.17, 15) is 22.8 Å². The largest absolute Gasteiger partial charge is 0.416 e. The first-order chi connectivity index (χ1) is 15.2. The molecule has 7 heteroatoms. The normalized spacial score (nSPS) is 21.3. The number of hydrogen-bond donors (Lipinski definition) is 0. The highest BCUT2D eigenvalue weighted by atomic mass is 19.4. The van der Waals surface area contributed by atoms with Crippen LogP contribution in [0.1, 0.15) is 48.4 Å². The minimum atomic E-state index is -4.44. The molecule has 2 aromatic carbocycles. The lowest BCUT2D eigenvalue weighted by Crippen LogP contribution is -2.47. The first-order valence-corrected chi connectivity index (χ1v) is 11.0. The van der Waals surface area contributed by atoms with Crippen LogP contribution < -0.4 is 0 Å². The highest BCUT2D eigenvalue weighted by Crippen LogP contribution is 2.41. The molecule has 2 aromatic rings. The maximum absolute atomic E-state index is 13.2. The highest BCUT2D eigenvalue weighted by Gasteiger charge is 2.42. The molecule has 0 unspecified atom stereocenters. The van der Waals surface area contributed by atoms with Crippen molar-refractivity contribution < 1.29 is 22.8 Å². The van der Waals surface area contributed by atoms with Crippen LogP contribution in [-0.4, -0.2) is 35.2 Å². The molecule has 4 nitrogen and oxygen atoms in total. The number of halogens is 3. The molecule has 2 atom stereocenters. The number of amides is 2. The number of likely N-dealkylation sites (tertiary alicyclic amines) is 1. The molecule has 2 amide bonds. The molecule has 1 heterocycles. The van der Waals surface area contributed by atoms with Gasteiger partial charge in [-0.15, -0.1) is 0 Å². The molecular weight excluding hydrogens is 417 g/mol. The van der Waals surface area contributed by atoms with E-state index in [0.717, 1.165) is 30.5 Å². The maximum atomic E-state index is 13.2. The number of hydrogen-bond acceptors (Lipinski definition) is 2. The fraction of sp³-hybridized carbons (Fsp3) is 0.440. The second kappa shape index (κ2) is 8.96. The zero-order valence-corrected chi connectivity index (χ0v) is 18.0. The van der Waals surface area contributed by atoms with Gasteiger partial charge in [0.2, 0.25) is 11.8 Å². The second-order valence-corrected chi connectivity index (χ2v) is 8.86. The van der Waals surface area contributed by atoms with Crippen molar-refractivity contribution >= 4 is 11.8 Å². The Labute approximate surface area is 186 Å². The summed E-state index contributed by atoms with van der Waals surface area (Å²) in [5, 5.41) is 0. The third-order valence-electron chi connectivity index (χ3n) is 6.38. The summed E-state index contributed by atoms with van der Waals surface area (Å²) in [6.07, 6.45) is -1.83. The van der Waals surface area contributed by atoms with Crippen molar-refractivity contribution in [3.63, 3.8) is 0 Å². The van der Waals surface area contributed by atoms with Crippen molar-refractivity contribution in [1.29, 1.82) is 0 Å². The van der Waals surface area contributed by atoms with Crippen molar-refractivity contribution in [2.45, 2.75) is 44.4 Å². The smallest absolute Gasteiger partial charge is 0.341 e. The Morgan fingerprint density at radius 3 is 2.31 bits per heavy atom. The van der Waals surface area contributed by atoms with Crippen molar-refractivity contribution in [3.8, 4) is 0 Å². The van der Waals surface area contributed by atoms with Gasteiger partial charge in [-0.25, -0.2) is 0 Å². The number of rotatable bonds is 5. The Morgan fingerprint density at radius 2 is 1.66 bits per heavy atom. The summed E-state index contributed by atoms with van der Waals surface area (Å²) in [5.41, 5.74) is 0.791. The van der Waals surface area contributed by atoms with E-state index in [1.807, 2.05) is 30.3 Å². The third kappa shape index (κ3) is 4.97. The molecule has 1 saturated heterocycles. The third-order valence-corrected chi connectivity index (χ3v) is 6.38. The summed E-state index contributed by atoms with van der Waals surface area (Å²) in [4.78, 5) is 29.5. The van der Waals surface area contributed by atoms with Crippen LogP contribution in [0.3, 0.4) is 0 Å². The average molecular weight is 444 g/mol. The molecule has 1 aliphatic carbocycles. The van der Waals surface area contributed by atoms with Crippen LogP contribution >= 0.6 is 0 Å². The van der Waals surface area contributed by atoms with Crippen LogP contribution in [0.2, 0.25) is 0 Å². The summed E-state index contributed by atoms with van der Waals surface area (Å²) < 4.78 is 39.7. The molecule has 0 bridgehead atoms. The lowest BCUT2D eigenvalue weighted by Gasteiger charge is -2.40. The number of carbonyl (C=O) groups is 2. The zero-order chi connectivity index (χ0) is 22.9. The van der Waals surface area contributed by atoms with Gasteiger partial charge in [0.15, 0.2) is 0 Å². The number of piperidine rings is 1. The van der Waals surface area contributed by atoms with Crippen molar-refractivity contribution in [2.75, 3.05) is 13.6 Å². The van der Waals surface area contributed by atoms with Crippen LogP contribution in [0.15, 0.2) is 54.6 Å². The second-order valence-electron chi connectivity index (χ2n) is 8.86. The molecule has 2 aliphatic rings. The fourth-order valence-electron chi connectivity index (χ4n) is 4.50. The molecule has 1 aliphatic heterocycles. The highest BCUT2D eigenvalue weighted by molar-refractivity contribution is 5.84. The van der Waals surface area contributed by atoms with Gasteiger partial charge in [-0.3, -0.25) is 9.59 Å². The fourth-order valence-corrected chi connectivity index (χ4v) is 4.50. The summed E-state index contributed by atoms with van der Waals surface area (Å²) in [7, 11) is 1.75. The molecule has 0 radical (unpaired) electrons. The molecular formula is C25H27F3N2O2. The lowest BCUT2D eigenvalue weighted by atomic mass is 9.87. The summed E-state index contributed by atoms with van der Waals surface area (Å²) in [6.45, 7) is 0.720. The Hall–Kier alpha value is -2.83. The van der Waals surface area contributed by atoms with E-state index in [1.165, 1.54) is 6.07 Å². The molecule has 4 rings (SSSR count). The molecule has 32 heavy (non-hydrogen) atoms. The van der Waals surface area contributed by atoms with Crippen LogP contribution in [-0.2, 0) is 22.3 Å². The van der Waals surface area contributed by atoms with Gasteiger partial charge in [-0.05, 0) is 48.9 Å². The van der Waals surface area contributed by atoms with Gasteiger partial charge in [0.1, 0.15) is 0 Å². The molecule has 0 aromatic heterocycles. The first kappa shape index (κ1) is 22.4. The van der Waals surface area contributed by atoms with Crippen molar-refractivity contribution in [1.82, 2.24) is 9.80 Å². The van der Waals surface area contributed by atoms with Crippen molar-refractivity contribution in [3.05, 3.63) is 71.3 Å². The zero-order valence-electron chi connectivity index (χ0n) is 18.0. The Bertz CT molecular complexity index is 973. The van der Waals surface area contributed by atoms with Gasteiger partial charge in [-0.1, -0.05) is 42.5 Å². The molecule has 170 valence electrons. The van der Waals surface area contributed by atoms with Gasteiger partial charge in [0.25, 0.3) is 0 Å². The van der Waals surface area contributed by atoms with Gasteiger partial charge in [-0.2, -0.15) is 13.2 Å². The van der Waals surface area contributed by atoms with Crippen LogP contribution in [0, 0.1) is 11.8 Å². The Kier molecular flexibility index (Phi) is 6.26. The van der Waals surface area contributed by atoms with Gasteiger partial charge in [0, 0.05) is 26.1 Å². The summed E-state index contributed by atoms with van der Waals surface area (Å²) in [5.74, 6) is -0.506. The van der Waals surface area contributed by atoms with Gasteiger partial charge < -0.3 is 9.80 Å². The van der Waals surface area contributed by atoms with E-state index in [4.69, 9.17) is 0 Å². The van der Waals surface area contributed by atoms with Crippen molar-refractivity contribution in [2.24, 2.45) is 11.8 Å². The number of carbonyl (C=O) groups excluding carboxylic acids is 2. The van der Waals surface area contributed by atoms with Crippen LogP contribution in [0.5, 0.6) is 0 Å². The maximum Gasteiger partial charge on any atom is 0.416 e. The summed E-state index contributed by atoms with van der Waals surface area (Å²) in [6, 6.07) is 14.5. The standard InChI is InChI=1S/C25H27F3N2O2/c1-29(15-17-6-3-2-4-7-17)23(31)20-12-13-22(30(16-20)24(32)18-10-11-18)19-8-5-9-21(14-19)25(26,27)28/h2-9,14,18,20,22H,10-13,15-16H2,1H3/t20-,22-/m1/s1. The minimum Gasteiger partial charge on any atom is -0.341 e. The first-order valence-electron chi connectivity index (χ1n) is 11.0. The van der Waals surface area contributed by atoms with Crippen LogP contribution in [0.25, 0.3) is 0 Å². The van der Waals surface area contributed by atoms with Gasteiger partial charge in [0.05, 0.1) is 17.5 Å². The Balaban J connectivity index is 1.52. The quantitative estimate of drug-likeness (QED) is 0.647. The van der Waals surface area contributed by atoms with E-state index in [-0.39, 0.29) is 30.2 Å². The van der Waals surface area contributed by atoms with E-state index in [0.29, 0.717) is 24.9 Å². The lowest BCUT2D eigenvalue weighted by molar-refractivity contribution is -0.143. The molecule has 1 saturated carbocycles. The number of alkyl halides is 3. The molecule has 2 fully saturated rings. The average Bonchev–Trinajstić information content (AvgIpc) is 3.63.